The first-order valence-corrected chi connectivity index (χ1v) is 23.5. The van der Waals surface area contributed by atoms with Crippen LogP contribution < -0.4 is 0 Å². The molecule has 0 N–H and O–H groups in total. The highest BCUT2D eigenvalue weighted by molar-refractivity contribution is 5.72. The number of ether oxygens (including phenoxy) is 3. The van der Waals surface area contributed by atoms with Crippen LogP contribution in [0.4, 0.5) is 0 Å². The molecule has 6 heteroatoms. The molecule has 0 amide bonds. The molecule has 0 radical (unpaired) electrons. The zero-order valence-electron chi connectivity index (χ0n) is 38.2. The topological polar surface area (TPSA) is 78.9 Å². The molecule has 1 unspecified atom stereocenters. The summed E-state index contributed by atoms with van der Waals surface area (Å²) in [4.78, 5) is 37.7. The summed E-state index contributed by atoms with van der Waals surface area (Å²) in [6.07, 6.45) is 65.1. The summed E-state index contributed by atoms with van der Waals surface area (Å²) in [5.41, 5.74) is 0. The molecule has 0 rings (SSSR count). The van der Waals surface area contributed by atoms with Crippen molar-refractivity contribution in [1.29, 1.82) is 0 Å². The van der Waals surface area contributed by atoms with Crippen molar-refractivity contribution in [3.8, 4) is 0 Å². The predicted molar refractivity (Wildman–Crippen MR) is 256 cm³/mol. The first-order chi connectivity index (χ1) is 29.5. The van der Waals surface area contributed by atoms with Crippen LogP contribution >= 0.6 is 0 Å². The number of carbonyl (C=O) groups excluding carboxylic acids is 3. The second-order valence-electron chi connectivity index (χ2n) is 14.9. The number of unbranched alkanes of at least 4 members (excludes halogenated alkanes) is 10. The van der Waals surface area contributed by atoms with Crippen molar-refractivity contribution in [3.63, 3.8) is 0 Å². The normalized spacial score (nSPS) is 13.2. The minimum atomic E-state index is -0.852. The molecular formula is C54H84O6. The summed E-state index contributed by atoms with van der Waals surface area (Å²) >= 11 is 0. The number of carbonyl (C=O) groups is 3. The first kappa shape index (κ1) is 55.8. The molecule has 0 aromatic carbocycles. The van der Waals surface area contributed by atoms with Gasteiger partial charge in [-0.25, -0.2) is 0 Å². The Hall–Kier alpha value is -4.19. The first-order valence-electron chi connectivity index (χ1n) is 23.5. The maximum atomic E-state index is 12.7. The average molecular weight is 829 g/mol. The molecule has 0 fully saturated rings. The van der Waals surface area contributed by atoms with Gasteiger partial charge in [0.15, 0.2) is 6.10 Å². The van der Waals surface area contributed by atoms with Crippen molar-refractivity contribution < 1.29 is 28.6 Å². The molecule has 0 spiro atoms. The highest BCUT2D eigenvalue weighted by Crippen LogP contribution is 2.10. The fourth-order valence-corrected chi connectivity index (χ4v) is 5.74. The van der Waals surface area contributed by atoms with E-state index in [4.69, 9.17) is 14.2 Å². The number of rotatable bonds is 40. The lowest BCUT2D eigenvalue weighted by atomic mass is 10.1. The third-order valence-corrected chi connectivity index (χ3v) is 9.21. The van der Waals surface area contributed by atoms with E-state index >= 15 is 0 Å². The van der Waals surface area contributed by atoms with E-state index in [9.17, 15) is 14.4 Å². The molecule has 0 saturated carbocycles. The molecule has 0 aliphatic rings. The molecule has 0 aliphatic heterocycles. The zero-order valence-corrected chi connectivity index (χ0v) is 38.2. The van der Waals surface area contributed by atoms with Gasteiger partial charge >= 0.3 is 17.9 Å². The Morgan fingerprint density at radius 2 is 0.733 bits per heavy atom. The molecule has 0 aliphatic carbocycles. The van der Waals surface area contributed by atoms with E-state index in [-0.39, 0.29) is 44.4 Å². The summed E-state index contributed by atoms with van der Waals surface area (Å²) in [6, 6.07) is 0. The molecule has 6 nitrogen and oxygen atoms in total. The Balaban J connectivity index is 4.57. The number of allylic oxidation sites excluding steroid dienone is 19. The van der Waals surface area contributed by atoms with Crippen molar-refractivity contribution in [2.45, 2.75) is 187 Å². The third kappa shape index (κ3) is 44.9. The highest BCUT2D eigenvalue weighted by atomic mass is 16.6. The van der Waals surface area contributed by atoms with Crippen LogP contribution in [0, 0.1) is 0 Å². The van der Waals surface area contributed by atoms with Gasteiger partial charge in [-0.15, -0.1) is 0 Å². The Morgan fingerprint density at radius 1 is 0.367 bits per heavy atom. The summed E-state index contributed by atoms with van der Waals surface area (Å²) in [5.74, 6) is -1.17. The Kier molecular flexibility index (Phi) is 44.2. The van der Waals surface area contributed by atoms with E-state index in [1.54, 1.807) is 6.08 Å². The van der Waals surface area contributed by atoms with E-state index < -0.39 is 12.1 Å². The van der Waals surface area contributed by atoms with Gasteiger partial charge in [0, 0.05) is 12.8 Å². The minimum absolute atomic E-state index is 0.114. The van der Waals surface area contributed by atoms with Gasteiger partial charge < -0.3 is 14.2 Å². The van der Waals surface area contributed by atoms with Crippen LogP contribution in [0.25, 0.3) is 0 Å². The highest BCUT2D eigenvalue weighted by Gasteiger charge is 2.19. The van der Waals surface area contributed by atoms with Crippen molar-refractivity contribution in [2.75, 3.05) is 13.2 Å². The molecular weight excluding hydrogens is 745 g/mol. The molecule has 0 heterocycles. The summed E-state index contributed by atoms with van der Waals surface area (Å²) in [5, 5.41) is 0. The fraction of sp³-hybridized carbons (Fsp3) is 0.574. The Morgan fingerprint density at radius 3 is 1.22 bits per heavy atom. The molecule has 1 atom stereocenters. The van der Waals surface area contributed by atoms with Crippen LogP contribution in [0.15, 0.2) is 122 Å². The van der Waals surface area contributed by atoms with E-state index in [2.05, 4.69) is 130 Å². The van der Waals surface area contributed by atoms with E-state index in [1.165, 1.54) is 44.9 Å². The maximum Gasteiger partial charge on any atom is 0.309 e. The van der Waals surface area contributed by atoms with Gasteiger partial charge in [-0.1, -0.05) is 181 Å². The molecule has 336 valence electrons. The molecule has 0 aromatic rings. The number of esters is 3. The maximum absolute atomic E-state index is 12.7. The zero-order chi connectivity index (χ0) is 43.7. The lowest BCUT2D eigenvalue weighted by molar-refractivity contribution is -0.166. The Labute approximate surface area is 367 Å². The van der Waals surface area contributed by atoms with Crippen molar-refractivity contribution >= 4 is 17.9 Å². The van der Waals surface area contributed by atoms with Crippen LogP contribution in [0.2, 0.25) is 0 Å². The quantitative estimate of drug-likeness (QED) is 0.0265. The molecule has 0 saturated heterocycles. The van der Waals surface area contributed by atoms with Crippen LogP contribution in [-0.2, 0) is 28.6 Å². The lowest BCUT2D eigenvalue weighted by Crippen LogP contribution is -2.30. The average Bonchev–Trinajstić information content (AvgIpc) is 3.24. The standard InChI is InChI=1S/C54H84O6/c1-4-7-10-13-16-19-21-23-25-27-29-30-32-35-38-41-44-47-53(56)59-50-51(49-58-52(55)46-43-40-37-34-18-15-12-9-6-3)60-54(57)48-45-42-39-36-33-31-28-26-24-22-20-17-14-11-8-5-2/h8-9,11-12,17-18,20,23-26,29-31,33-35,38,40,43,51H,4-7,10,13-16,19,21-22,27-28,32,36-37,39,41-42,44-50H2,1-3H3/b11-8-,12-9-,20-17-,25-23-,26-24-,30-29-,33-31-,34-18-,38-35-,43-40-. The van der Waals surface area contributed by atoms with Crippen molar-refractivity contribution in [2.24, 2.45) is 0 Å². The largest absolute Gasteiger partial charge is 0.462 e. The monoisotopic (exact) mass is 829 g/mol. The molecule has 60 heavy (non-hydrogen) atoms. The van der Waals surface area contributed by atoms with Gasteiger partial charge in [-0.05, 0) is 103 Å². The van der Waals surface area contributed by atoms with Crippen LogP contribution in [0.3, 0.4) is 0 Å². The van der Waals surface area contributed by atoms with Gasteiger partial charge in [0.1, 0.15) is 13.2 Å². The van der Waals surface area contributed by atoms with Gasteiger partial charge in [0.25, 0.3) is 0 Å². The van der Waals surface area contributed by atoms with Crippen molar-refractivity contribution in [3.05, 3.63) is 122 Å². The van der Waals surface area contributed by atoms with Gasteiger partial charge in [-0.3, -0.25) is 14.4 Å². The van der Waals surface area contributed by atoms with Crippen LogP contribution in [0.5, 0.6) is 0 Å². The molecule has 0 bridgehead atoms. The second kappa shape index (κ2) is 47.5. The smallest absolute Gasteiger partial charge is 0.309 e. The van der Waals surface area contributed by atoms with Crippen molar-refractivity contribution in [1.82, 2.24) is 0 Å². The number of hydrogen-bond donors (Lipinski definition) is 0. The summed E-state index contributed by atoms with van der Waals surface area (Å²) in [7, 11) is 0. The van der Waals surface area contributed by atoms with E-state index in [0.29, 0.717) is 12.8 Å². The fourth-order valence-electron chi connectivity index (χ4n) is 5.74. The lowest BCUT2D eigenvalue weighted by Gasteiger charge is -2.18. The van der Waals surface area contributed by atoms with Gasteiger partial charge in [-0.2, -0.15) is 0 Å². The minimum Gasteiger partial charge on any atom is -0.462 e. The third-order valence-electron chi connectivity index (χ3n) is 9.21. The van der Waals surface area contributed by atoms with Crippen LogP contribution in [0.1, 0.15) is 181 Å². The van der Waals surface area contributed by atoms with Gasteiger partial charge in [0.05, 0.1) is 6.42 Å². The molecule has 0 aromatic heterocycles. The SMILES string of the molecule is CC/C=C\C/C=C\C/C=C\C/C=C\CCCCCC(=O)OC(COC(=O)C/C=C\C/C=C\C/C=C\CC)COC(=O)CCC/C=C\C/C=C\C/C=C\CCCCCCCC. The van der Waals surface area contributed by atoms with Gasteiger partial charge in [0.2, 0.25) is 0 Å². The summed E-state index contributed by atoms with van der Waals surface area (Å²) in [6.45, 7) is 6.19. The summed E-state index contributed by atoms with van der Waals surface area (Å²) < 4.78 is 16.5. The second-order valence-corrected chi connectivity index (χ2v) is 14.9. The number of hydrogen-bond acceptors (Lipinski definition) is 6. The predicted octanol–water partition coefficient (Wildman–Crippen LogP) is 15.4. The van der Waals surface area contributed by atoms with E-state index in [1.807, 2.05) is 6.08 Å². The Bertz CT molecular complexity index is 1320. The van der Waals surface area contributed by atoms with Crippen LogP contribution in [-0.4, -0.2) is 37.2 Å². The van der Waals surface area contributed by atoms with E-state index in [0.717, 1.165) is 83.5 Å².